The number of aromatic nitrogens is 5. The molecule has 0 spiro atoms. The number of nitrogens with one attached hydrogen (secondary N) is 2. The first-order valence-electron chi connectivity index (χ1n) is 7.28. The van der Waals surface area contributed by atoms with E-state index in [9.17, 15) is 4.39 Å². The van der Waals surface area contributed by atoms with Crippen LogP contribution in [0.3, 0.4) is 0 Å². The lowest BCUT2D eigenvalue weighted by molar-refractivity contribution is 0.614. The molecule has 0 bridgehead atoms. The van der Waals surface area contributed by atoms with Gasteiger partial charge in [0.2, 0.25) is 5.95 Å². The van der Waals surface area contributed by atoms with E-state index in [1.54, 1.807) is 11.3 Å². The van der Waals surface area contributed by atoms with Crippen molar-refractivity contribution in [3.63, 3.8) is 0 Å². The molecule has 118 valence electrons. The van der Waals surface area contributed by atoms with Gasteiger partial charge in [-0.15, -0.1) is 11.3 Å². The number of nitrogens with zero attached hydrogens (tertiary/aromatic N) is 5. The van der Waals surface area contributed by atoms with Gasteiger partial charge < -0.3 is 10.2 Å². The van der Waals surface area contributed by atoms with E-state index in [0.29, 0.717) is 11.1 Å². The third kappa shape index (κ3) is 2.52. The van der Waals surface area contributed by atoms with Gasteiger partial charge in [0, 0.05) is 30.6 Å². The van der Waals surface area contributed by atoms with Crippen molar-refractivity contribution in [1.82, 2.24) is 25.1 Å². The van der Waals surface area contributed by atoms with Crippen LogP contribution in [0.2, 0.25) is 0 Å². The Bertz CT molecular complexity index is 826. The van der Waals surface area contributed by atoms with Crippen molar-refractivity contribution < 1.29 is 4.39 Å². The Morgan fingerprint density at radius 3 is 3.00 bits per heavy atom. The molecule has 4 heterocycles. The molecule has 0 amide bonds. The summed E-state index contributed by atoms with van der Waals surface area (Å²) in [6.45, 7) is 3.92. The smallest absolute Gasteiger partial charge is 0.229 e. The number of hydrogen-bond donors (Lipinski definition) is 2. The van der Waals surface area contributed by atoms with Crippen molar-refractivity contribution in [1.29, 1.82) is 0 Å². The van der Waals surface area contributed by atoms with Crippen LogP contribution in [0.25, 0.3) is 11.3 Å². The Balaban J connectivity index is 1.68. The average molecular weight is 331 g/mol. The summed E-state index contributed by atoms with van der Waals surface area (Å²) in [7, 11) is 0. The third-order valence-electron chi connectivity index (χ3n) is 3.70. The van der Waals surface area contributed by atoms with E-state index in [-0.39, 0.29) is 0 Å². The molecule has 0 aliphatic carbocycles. The minimum atomic E-state index is -0.465. The van der Waals surface area contributed by atoms with Crippen LogP contribution in [0.15, 0.2) is 18.6 Å². The molecule has 2 N–H and O–H groups in total. The molecule has 7 nitrogen and oxygen atoms in total. The Morgan fingerprint density at radius 2 is 2.22 bits per heavy atom. The zero-order valence-electron chi connectivity index (χ0n) is 12.4. The predicted molar refractivity (Wildman–Crippen MR) is 86.6 cm³/mol. The summed E-state index contributed by atoms with van der Waals surface area (Å²) in [6, 6.07) is 0. The lowest BCUT2D eigenvalue weighted by Gasteiger charge is -2.18. The highest BCUT2D eigenvalue weighted by Gasteiger charge is 2.24. The van der Waals surface area contributed by atoms with Gasteiger partial charge in [-0.3, -0.25) is 5.10 Å². The number of anilines is 3. The molecule has 0 atom stereocenters. The summed E-state index contributed by atoms with van der Waals surface area (Å²) in [5, 5.41) is 11.0. The van der Waals surface area contributed by atoms with Crippen molar-refractivity contribution in [2.45, 2.75) is 13.3 Å². The third-order valence-corrected chi connectivity index (χ3v) is 4.73. The van der Waals surface area contributed by atoms with Crippen molar-refractivity contribution >= 4 is 28.2 Å². The number of halogens is 1. The zero-order chi connectivity index (χ0) is 15.8. The van der Waals surface area contributed by atoms with E-state index in [2.05, 4.69) is 42.3 Å². The van der Waals surface area contributed by atoms with Crippen LogP contribution < -0.4 is 10.2 Å². The quantitative estimate of drug-likeness (QED) is 0.767. The molecule has 0 fully saturated rings. The van der Waals surface area contributed by atoms with Crippen molar-refractivity contribution in [3.05, 3.63) is 29.3 Å². The molecule has 1 aliphatic rings. The van der Waals surface area contributed by atoms with E-state index in [4.69, 9.17) is 0 Å². The Hall–Kier alpha value is -2.55. The summed E-state index contributed by atoms with van der Waals surface area (Å²) < 4.78 is 12.9. The maximum Gasteiger partial charge on any atom is 0.229 e. The number of aromatic amines is 1. The highest BCUT2D eigenvalue weighted by molar-refractivity contribution is 7.16. The fourth-order valence-electron chi connectivity index (χ4n) is 2.61. The van der Waals surface area contributed by atoms with Crippen LogP contribution in [0.1, 0.15) is 11.8 Å². The number of likely N-dealkylation sites (N-methyl/N-ethyl adjacent to an activating group) is 1. The first-order chi connectivity index (χ1) is 11.2. The molecule has 4 rings (SSSR count). The number of rotatable bonds is 3. The van der Waals surface area contributed by atoms with Crippen LogP contribution in [-0.2, 0) is 6.42 Å². The molecular weight excluding hydrogens is 317 g/mol. The minimum absolute atomic E-state index is 0.331. The number of H-pyrrole nitrogens is 1. The summed E-state index contributed by atoms with van der Waals surface area (Å²) in [6.07, 6.45) is 5.03. The average Bonchev–Trinajstić information content (AvgIpc) is 3.15. The standard InChI is InChI=1S/C14H14FN7S/c1-2-22-4-3-10-11(9-7-18-21-12(9)22)19-14(23-10)20-13-16-5-8(15)6-17-13/h5-7H,2-4H2,1H3,(H,18,21)(H,16,17,19,20). The molecule has 0 radical (unpaired) electrons. The molecular formula is C14H14FN7S. The zero-order valence-corrected chi connectivity index (χ0v) is 13.2. The van der Waals surface area contributed by atoms with Gasteiger partial charge in [0.25, 0.3) is 0 Å². The molecule has 0 saturated carbocycles. The molecule has 9 heteroatoms. The van der Waals surface area contributed by atoms with Gasteiger partial charge in [-0.25, -0.2) is 19.3 Å². The Kier molecular flexibility index (Phi) is 3.41. The maximum absolute atomic E-state index is 12.9. The maximum atomic E-state index is 12.9. The topological polar surface area (TPSA) is 82.6 Å². The SMILES string of the molecule is CCN1CCc2sc(Nc3ncc(F)cn3)nc2-c2c[nH]nc21. The van der Waals surface area contributed by atoms with Gasteiger partial charge in [-0.05, 0) is 6.92 Å². The van der Waals surface area contributed by atoms with Crippen LogP contribution in [-0.4, -0.2) is 38.2 Å². The van der Waals surface area contributed by atoms with Gasteiger partial charge in [-0.1, -0.05) is 0 Å². The molecule has 1 aliphatic heterocycles. The lowest BCUT2D eigenvalue weighted by Crippen LogP contribution is -2.24. The van der Waals surface area contributed by atoms with Crippen LogP contribution in [0, 0.1) is 5.82 Å². The second-order valence-electron chi connectivity index (χ2n) is 5.09. The highest BCUT2D eigenvalue weighted by atomic mass is 32.1. The van der Waals surface area contributed by atoms with Gasteiger partial charge in [-0.2, -0.15) is 5.10 Å². The first kappa shape index (κ1) is 14.1. The largest absolute Gasteiger partial charge is 0.355 e. The molecule has 23 heavy (non-hydrogen) atoms. The van der Waals surface area contributed by atoms with Crippen LogP contribution in [0.4, 0.5) is 21.3 Å². The van der Waals surface area contributed by atoms with Gasteiger partial charge in [0.15, 0.2) is 16.8 Å². The van der Waals surface area contributed by atoms with Crippen molar-refractivity contribution in [2.24, 2.45) is 0 Å². The van der Waals surface area contributed by atoms with E-state index in [0.717, 1.165) is 49.0 Å². The fraction of sp³-hybridized carbons (Fsp3) is 0.286. The number of thiazole rings is 1. The first-order valence-corrected chi connectivity index (χ1v) is 8.09. The molecule has 3 aromatic heterocycles. The van der Waals surface area contributed by atoms with Gasteiger partial charge >= 0.3 is 0 Å². The van der Waals surface area contributed by atoms with E-state index in [1.165, 1.54) is 4.88 Å². The van der Waals surface area contributed by atoms with E-state index >= 15 is 0 Å². The summed E-state index contributed by atoms with van der Waals surface area (Å²) in [5.74, 6) is 0.798. The minimum Gasteiger partial charge on any atom is -0.355 e. The van der Waals surface area contributed by atoms with E-state index < -0.39 is 5.82 Å². The fourth-order valence-corrected chi connectivity index (χ4v) is 3.56. The predicted octanol–water partition coefficient (Wildman–Crippen LogP) is 2.59. The van der Waals surface area contributed by atoms with Gasteiger partial charge in [0.1, 0.15) is 0 Å². The summed E-state index contributed by atoms with van der Waals surface area (Å²) in [4.78, 5) is 15.9. The van der Waals surface area contributed by atoms with E-state index in [1.807, 2.05) is 6.20 Å². The van der Waals surface area contributed by atoms with Gasteiger partial charge in [0.05, 0.1) is 23.7 Å². The van der Waals surface area contributed by atoms with Crippen LogP contribution in [0.5, 0.6) is 0 Å². The summed E-state index contributed by atoms with van der Waals surface area (Å²) >= 11 is 1.56. The monoisotopic (exact) mass is 331 g/mol. The number of hydrogen-bond acceptors (Lipinski definition) is 7. The molecule has 0 aromatic carbocycles. The lowest BCUT2D eigenvalue weighted by atomic mass is 10.2. The normalized spacial score (nSPS) is 13.4. The second kappa shape index (κ2) is 5.58. The molecule has 0 unspecified atom stereocenters. The molecule has 0 saturated heterocycles. The van der Waals surface area contributed by atoms with Crippen molar-refractivity contribution in [3.8, 4) is 11.3 Å². The summed E-state index contributed by atoms with van der Waals surface area (Å²) in [5.41, 5.74) is 1.93. The Morgan fingerprint density at radius 1 is 1.39 bits per heavy atom. The second-order valence-corrected chi connectivity index (χ2v) is 6.18. The number of fused-ring (bicyclic) bond motifs is 3. The molecule has 3 aromatic rings. The highest BCUT2D eigenvalue weighted by Crippen LogP contribution is 2.38. The van der Waals surface area contributed by atoms with Crippen molar-refractivity contribution in [2.75, 3.05) is 23.3 Å². The van der Waals surface area contributed by atoms with Crippen LogP contribution >= 0.6 is 11.3 Å². The Labute approximate surface area is 135 Å².